The Bertz CT molecular complexity index is 1540. The maximum Gasteiger partial charge on any atom is 0.342 e. The Morgan fingerprint density at radius 3 is 2.29 bits per heavy atom. The summed E-state index contributed by atoms with van der Waals surface area (Å²) in [6.45, 7) is 8.82. The van der Waals surface area contributed by atoms with Crippen LogP contribution in [0.2, 0.25) is 0 Å². The number of carbonyl (C=O) groups is 2. The smallest absolute Gasteiger partial charge is 0.342 e. The van der Waals surface area contributed by atoms with Crippen LogP contribution in [0.25, 0.3) is 11.3 Å². The van der Waals surface area contributed by atoms with Crippen molar-refractivity contribution in [1.82, 2.24) is 15.1 Å². The molecule has 1 aliphatic carbocycles. The van der Waals surface area contributed by atoms with Gasteiger partial charge in [-0.2, -0.15) is 9.78 Å². The first-order valence-corrected chi connectivity index (χ1v) is 14.3. The lowest BCUT2D eigenvalue weighted by Crippen LogP contribution is -2.30. The van der Waals surface area contributed by atoms with Crippen molar-refractivity contribution in [3.05, 3.63) is 101 Å². The molecule has 0 atom stereocenters. The molecule has 0 aliphatic heterocycles. The van der Waals surface area contributed by atoms with Crippen molar-refractivity contribution in [1.29, 1.82) is 0 Å². The van der Waals surface area contributed by atoms with Crippen LogP contribution in [0.15, 0.2) is 72.8 Å². The van der Waals surface area contributed by atoms with Crippen LogP contribution < -0.4 is 10.6 Å². The number of hydrogen-bond donors (Lipinski definition) is 3. The standard InChI is InChI=1S/C34H38N4O3/c1-22-9-11-23(12-10-22)21-35-33(41)38-30(24-7-5-6-8-24)20-29(37-38)28-19-27(17-18-31(28)39)36-32(40)25-13-15-26(16-14-25)34(2,3)4/h9-20,24,39H,5-8,21H2,1-4H3,(H,35,41)(H,36,40). The van der Waals surface area contributed by atoms with Crippen molar-refractivity contribution < 1.29 is 14.7 Å². The van der Waals surface area contributed by atoms with Crippen molar-refractivity contribution in [2.75, 3.05) is 5.32 Å². The molecule has 2 amide bonds. The second-order valence-corrected chi connectivity index (χ2v) is 12.0. The molecule has 1 saturated carbocycles. The quantitative estimate of drug-likeness (QED) is 0.216. The summed E-state index contributed by atoms with van der Waals surface area (Å²) in [5, 5.41) is 21.3. The molecule has 1 aliphatic rings. The molecule has 0 spiro atoms. The maximum absolute atomic E-state index is 13.3. The number of aromatic nitrogens is 2. The number of aryl methyl sites for hydroxylation is 1. The zero-order chi connectivity index (χ0) is 29.1. The largest absolute Gasteiger partial charge is 0.507 e. The van der Waals surface area contributed by atoms with Crippen LogP contribution in [-0.2, 0) is 12.0 Å². The molecular weight excluding hydrogens is 512 g/mol. The predicted molar refractivity (Wildman–Crippen MR) is 162 cm³/mol. The Balaban J connectivity index is 1.39. The summed E-state index contributed by atoms with van der Waals surface area (Å²) in [4.78, 5) is 26.3. The minimum Gasteiger partial charge on any atom is -0.507 e. The molecule has 0 unspecified atom stereocenters. The molecule has 0 radical (unpaired) electrons. The van der Waals surface area contributed by atoms with Crippen LogP contribution in [0.4, 0.5) is 10.5 Å². The Morgan fingerprint density at radius 1 is 0.951 bits per heavy atom. The van der Waals surface area contributed by atoms with Crippen LogP contribution >= 0.6 is 0 Å². The highest BCUT2D eigenvalue weighted by Crippen LogP contribution is 2.38. The topological polar surface area (TPSA) is 96.3 Å². The Morgan fingerprint density at radius 2 is 1.63 bits per heavy atom. The summed E-state index contributed by atoms with van der Waals surface area (Å²) < 4.78 is 1.45. The molecule has 41 heavy (non-hydrogen) atoms. The van der Waals surface area contributed by atoms with Crippen LogP contribution in [0, 0.1) is 6.92 Å². The third-order valence-corrected chi connectivity index (χ3v) is 7.81. The third kappa shape index (κ3) is 6.51. The van der Waals surface area contributed by atoms with E-state index < -0.39 is 0 Å². The van der Waals surface area contributed by atoms with Crippen LogP contribution in [0.1, 0.15) is 85.1 Å². The van der Waals surface area contributed by atoms with E-state index in [2.05, 4.69) is 36.5 Å². The zero-order valence-corrected chi connectivity index (χ0v) is 24.2. The highest BCUT2D eigenvalue weighted by Gasteiger charge is 2.26. The van der Waals surface area contributed by atoms with Gasteiger partial charge < -0.3 is 15.7 Å². The SMILES string of the molecule is Cc1ccc(CNC(=O)n2nc(-c3cc(NC(=O)c4ccc(C(C)(C)C)cc4)ccc3O)cc2C2CCCC2)cc1. The molecule has 1 heterocycles. The van der Waals surface area contributed by atoms with Crippen LogP contribution in [0.5, 0.6) is 5.75 Å². The summed E-state index contributed by atoms with van der Waals surface area (Å²) in [6.07, 6.45) is 4.21. The molecule has 1 aromatic heterocycles. The first kappa shape index (κ1) is 28.1. The summed E-state index contributed by atoms with van der Waals surface area (Å²) in [5.41, 5.74) is 6.18. The van der Waals surface area contributed by atoms with E-state index in [4.69, 9.17) is 0 Å². The second-order valence-electron chi connectivity index (χ2n) is 12.0. The number of amides is 2. The van der Waals surface area contributed by atoms with Crippen molar-refractivity contribution in [2.24, 2.45) is 0 Å². The van der Waals surface area contributed by atoms with E-state index in [0.29, 0.717) is 29.1 Å². The van der Waals surface area contributed by atoms with Gasteiger partial charge in [-0.3, -0.25) is 4.79 Å². The molecule has 7 nitrogen and oxygen atoms in total. The highest BCUT2D eigenvalue weighted by molar-refractivity contribution is 6.04. The monoisotopic (exact) mass is 550 g/mol. The summed E-state index contributed by atoms with van der Waals surface area (Å²) >= 11 is 0. The van der Waals surface area contributed by atoms with E-state index in [9.17, 15) is 14.7 Å². The van der Waals surface area contributed by atoms with E-state index in [0.717, 1.165) is 48.1 Å². The lowest BCUT2D eigenvalue weighted by Gasteiger charge is -2.19. The van der Waals surface area contributed by atoms with E-state index in [1.807, 2.05) is 61.5 Å². The number of phenolic OH excluding ortho intramolecular Hbond substituents is 1. The van der Waals surface area contributed by atoms with Gasteiger partial charge in [0.2, 0.25) is 0 Å². The Labute approximate surface area is 241 Å². The zero-order valence-electron chi connectivity index (χ0n) is 24.2. The number of carbonyl (C=O) groups excluding carboxylic acids is 2. The second kappa shape index (κ2) is 11.6. The normalized spacial score (nSPS) is 13.8. The van der Waals surface area contributed by atoms with Gasteiger partial charge >= 0.3 is 6.03 Å². The number of hydrogen-bond acceptors (Lipinski definition) is 4. The molecule has 4 aromatic rings. The van der Waals surface area contributed by atoms with Gasteiger partial charge in [-0.1, -0.05) is 75.6 Å². The van der Waals surface area contributed by atoms with Gasteiger partial charge in [0.1, 0.15) is 5.75 Å². The van der Waals surface area contributed by atoms with Gasteiger partial charge in [0.25, 0.3) is 5.91 Å². The predicted octanol–water partition coefficient (Wildman–Crippen LogP) is 7.53. The van der Waals surface area contributed by atoms with Gasteiger partial charge in [-0.15, -0.1) is 0 Å². The minimum atomic E-state index is -0.304. The van der Waals surface area contributed by atoms with Gasteiger partial charge in [-0.25, -0.2) is 4.79 Å². The molecule has 5 rings (SSSR count). The summed E-state index contributed by atoms with van der Waals surface area (Å²) in [5.74, 6) is 0.0115. The average Bonchev–Trinajstić information content (AvgIpc) is 3.64. The van der Waals surface area contributed by atoms with Gasteiger partial charge in [0.15, 0.2) is 0 Å². The number of aromatic hydroxyl groups is 1. The van der Waals surface area contributed by atoms with Crippen LogP contribution in [-0.4, -0.2) is 26.8 Å². The number of nitrogens with zero attached hydrogens (tertiary/aromatic N) is 2. The summed E-state index contributed by atoms with van der Waals surface area (Å²) in [6, 6.07) is 22.1. The van der Waals surface area contributed by atoms with Gasteiger partial charge in [0, 0.05) is 29.3 Å². The first-order valence-electron chi connectivity index (χ1n) is 14.3. The van der Waals surface area contributed by atoms with Gasteiger partial charge in [0.05, 0.1) is 11.4 Å². The summed E-state index contributed by atoms with van der Waals surface area (Å²) in [7, 11) is 0. The lowest BCUT2D eigenvalue weighted by molar-refractivity contribution is 0.102. The highest BCUT2D eigenvalue weighted by atomic mass is 16.3. The van der Waals surface area contributed by atoms with Gasteiger partial charge in [-0.05, 0) is 72.7 Å². The molecule has 7 heteroatoms. The van der Waals surface area contributed by atoms with Crippen molar-refractivity contribution in [2.45, 2.75) is 71.3 Å². The number of benzene rings is 3. The molecular formula is C34H38N4O3. The number of rotatable bonds is 6. The Hall–Kier alpha value is -4.39. The number of phenols is 1. The average molecular weight is 551 g/mol. The van der Waals surface area contributed by atoms with E-state index in [-0.39, 0.29) is 29.0 Å². The molecule has 0 saturated heterocycles. The third-order valence-electron chi connectivity index (χ3n) is 7.81. The lowest BCUT2D eigenvalue weighted by atomic mass is 9.87. The number of anilines is 1. The fraction of sp³-hybridized carbons (Fsp3) is 0.324. The maximum atomic E-state index is 13.3. The number of nitrogens with one attached hydrogen (secondary N) is 2. The first-order chi connectivity index (χ1) is 19.6. The molecule has 1 fully saturated rings. The Kier molecular flexibility index (Phi) is 7.97. The molecule has 0 bridgehead atoms. The van der Waals surface area contributed by atoms with Crippen molar-refractivity contribution in [3.8, 4) is 17.0 Å². The van der Waals surface area contributed by atoms with Crippen molar-refractivity contribution >= 4 is 17.6 Å². The molecule has 212 valence electrons. The minimum absolute atomic E-state index is 0.000797. The molecule has 3 aromatic carbocycles. The van der Waals surface area contributed by atoms with E-state index in [1.165, 1.54) is 4.68 Å². The van der Waals surface area contributed by atoms with Crippen LogP contribution in [0.3, 0.4) is 0 Å². The fourth-order valence-corrected chi connectivity index (χ4v) is 5.30. The van der Waals surface area contributed by atoms with Crippen molar-refractivity contribution in [3.63, 3.8) is 0 Å². The van der Waals surface area contributed by atoms with E-state index >= 15 is 0 Å². The van der Waals surface area contributed by atoms with E-state index in [1.54, 1.807) is 18.2 Å². The molecule has 3 N–H and O–H groups in total. The fourth-order valence-electron chi connectivity index (χ4n) is 5.30.